The quantitative estimate of drug-likeness (QED) is 0.728. The predicted octanol–water partition coefficient (Wildman–Crippen LogP) is 1.78. The zero-order valence-electron chi connectivity index (χ0n) is 6.01. The number of halogens is 2. The lowest BCUT2D eigenvalue weighted by Crippen LogP contribution is -2.27. The largest absolute Gasteiger partial charge is 0.348 e. The summed E-state index contributed by atoms with van der Waals surface area (Å²) < 4.78 is 3.46. The average molecular weight is 238 g/mol. The highest BCUT2D eigenvalue weighted by Crippen LogP contribution is 2.16. The summed E-state index contributed by atoms with van der Waals surface area (Å²) in [5.74, 6) is 0. The van der Waals surface area contributed by atoms with E-state index in [0.29, 0.717) is 0 Å². The minimum atomic E-state index is 0. The summed E-state index contributed by atoms with van der Waals surface area (Å²) in [7, 11) is 0. The first kappa shape index (κ1) is 9.10. The molecule has 2 nitrogen and oxygen atoms in total. The van der Waals surface area contributed by atoms with Crippen molar-refractivity contribution in [3.8, 4) is 0 Å². The van der Waals surface area contributed by atoms with Crippen molar-refractivity contribution < 1.29 is 0 Å². The summed E-state index contributed by atoms with van der Waals surface area (Å²) in [5.41, 5.74) is 1.37. The fraction of sp³-hybridized carbons (Fsp3) is 0.429. The van der Waals surface area contributed by atoms with E-state index < -0.39 is 0 Å². The molecule has 0 spiro atoms. The highest BCUT2D eigenvalue weighted by Gasteiger charge is 2.07. The third-order valence-electron chi connectivity index (χ3n) is 1.79. The van der Waals surface area contributed by atoms with Crippen LogP contribution in [0.4, 0.5) is 0 Å². The van der Waals surface area contributed by atoms with E-state index in [2.05, 4.69) is 38.1 Å². The zero-order chi connectivity index (χ0) is 6.97. The van der Waals surface area contributed by atoms with E-state index in [0.717, 1.165) is 19.6 Å². The minimum Gasteiger partial charge on any atom is -0.348 e. The number of nitrogens with one attached hydrogen (secondary N) is 1. The molecule has 0 radical (unpaired) electrons. The molecule has 1 aromatic rings. The lowest BCUT2D eigenvalue weighted by Gasteiger charge is -2.15. The molecule has 0 fully saturated rings. The molecule has 0 saturated carbocycles. The number of nitrogens with zero attached hydrogens (tertiary/aromatic N) is 1. The molecule has 0 atom stereocenters. The van der Waals surface area contributed by atoms with Crippen molar-refractivity contribution in [1.82, 2.24) is 9.88 Å². The Morgan fingerprint density at radius 3 is 3.09 bits per heavy atom. The van der Waals surface area contributed by atoms with Crippen LogP contribution in [0.15, 0.2) is 16.7 Å². The highest BCUT2D eigenvalue weighted by atomic mass is 79.9. The lowest BCUT2D eigenvalue weighted by atomic mass is 10.3. The number of hydrogen-bond acceptors (Lipinski definition) is 1. The summed E-state index contributed by atoms with van der Waals surface area (Å²) in [6.45, 7) is 3.20. The van der Waals surface area contributed by atoms with E-state index in [-0.39, 0.29) is 12.4 Å². The number of hydrogen-bond donors (Lipinski definition) is 1. The van der Waals surface area contributed by atoms with Gasteiger partial charge in [0.15, 0.2) is 0 Å². The molecule has 0 saturated heterocycles. The standard InChI is InChI=1S/C7H9BrN2.ClH/c8-6-3-7-4-9-1-2-10(7)5-6;/h3,5,9H,1-2,4H2;1H. The maximum absolute atomic E-state index is 3.44. The summed E-state index contributed by atoms with van der Waals surface area (Å²) in [4.78, 5) is 0. The summed E-state index contributed by atoms with van der Waals surface area (Å²) >= 11 is 3.44. The Bertz CT molecular complexity index is 223. The fourth-order valence-electron chi connectivity index (χ4n) is 1.29. The van der Waals surface area contributed by atoms with Crippen molar-refractivity contribution in [2.45, 2.75) is 13.1 Å². The van der Waals surface area contributed by atoms with Gasteiger partial charge in [-0.2, -0.15) is 0 Å². The van der Waals surface area contributed by atoms with Crippen LogP contribution in [-0.4, -0.2) is 11.1 Å². The Balaban J connectivity index is 0.000000605. The fourth-order valence-corrected chi connectivity index (χ4v) is 1.80. The second-order valence-corrected chi connectivity index (χ2v) is 3.44. The van der Waals surface area contributed by atoms with Gasteiger partial charge in [0.2, 0.25) is 0 Å². The zero-order valence-corrected chi connectivity index (χ0v) is 8.41. The number of rotatable bonds is 0. The normalized spacial score (nSPS) is 15.4. The molecule has 11 heavy (non-hydrogen) atoms. The van der Waals surface area contributed by atoms with Crippen LogP contribution in [0, 0.1) is 0 Å². The first-order valence-electron chi connectivity index (χ1n) is 3.41. The van der Waals surface area contributed by atoms with Gasteiger partial charge in [0.25, 0.3) is 0 Å². The van der Waals surface area contributed by atoms with Crippen molar-refractivity contribution in [3.05, 3.63) is 22.4 Å². The first-order chi connectivity index (χ1) is 4.86. The Morgan fingerprint density at radius 1 is 1.55 bits per heavy atom. The van der Waals surface area contributed by atoms with E-state index in [1.807, 2.05) is 0 Å². The third kappa shape index (κ3) is 1.78. The summed E-state index contributed by atoms with van der Waals surface area (Å²) in [5, 5.41) is 3.31. The maximum Gasteiger partial charge on any atom is 0.0360 e. The highest BCUT2D eigenvalue weighted by molar-refractivity contribution is 9.10. The van der Waals surface area contributed by atoms with Crippen LogP contribution in [0.25, 0.3) is 0 Å². The van der Waals surface area contributed by atoms with Crippen molar-refractivity contribution in [2.75, 3.05) is 6.54 Å². The molecule has 0 aromatic carbocycles. The van der Waals surface area contributed by atoms with Gasteiger partial charge in [-0.15, -0.1) is 12.4 Å². The molecule has 0 amide bonds. The van der Waals surface area contributed by atoms with Gasteiger partial charge in [0.05, 0.1) is 0 Å². The molecule has 1 aromatic heterocycles. The first-order valence-corrected chi connectivity index (χ1v) is 4.21. The number of aromatic nitrogens is 1. The van der Waals surface area contributed by atoms with Gasteiger partial charge in [-0.25, -0.2) is 0 Å². The smallest absolute Gasteiger partial charge is 0.0360 e. The Kier molecular flexibility index (Phi) is 2.98. The number of fused-ring (bicyclic) bond motifs is 1. The second-order valence-electron chi connectivity index (χ2n) is 2.52. The van der Waals surface area contributed by atoms with Gasteiger partial charge in [0, 0.05) is 36.0 Å². The molecule has 62 valence electrons. The van der Waals surface area contributed by atoms with E-state index in [1.54, 1.807) is 0 Å². The minimum absolute atomic E-state index is 0. The van der Waals surface area contributed by atoms with Crippen LogP contribution < -0.4 is 5.32 Å². The molecule has 1 aliphatic rings. The SMILES string of the molecule is Brc1cc2n(c1)CCNC2.Cl. The van der Waals surface area contributed by atoms with Crippen LogP contribution in [0.3, 0.4) is 0 Å². The summed E-state index contributed by atoms with van der Waals surface area (Å²) in [6, 6.07) is 2.16. The Morgan fingerprint density at radius 2 is 2.36 bits per heavy atom. The van der Waals surface area contributed by atoms with Crippen LogP contribution in [0.5, 0.6) is 0 Å². The second kappa shape index (κ2) is 3.61. The Hall–Kier alpha value is 0.01000. The molecule has 4 heteroatoms. The molecular formula is C7H10BrClN2. The molecular weight excluding hydrogens is 227 g/mol. The van der Waals surface area contributed by atoms with Crippen LogP contribution in [-0.2, 0) is 13.1 Å². The maximum atomic E-state index is 3.44. The van der Waals surface area contributed by atoms with Gasteiger partial charge in [0.1, 0.15) is 0 Å². The molecule has 0 unspecified atom stereocenters. The molecule has 0 bridgehead atoms. The van der Waals surface area contributed by atoms with Crippen LogP contribution in [0.1, 0.15) is 5.69 Å². The van der Waals surface area contributed by atoms with E-state index in [1.165, 1.54) is 10.2 Å². The van der Waals surface area contributed by atoms with Gasteiger partial charge in [-0.05, 0) is 22.0 Å². The van der Waals surface area contributed by atoms with Crippen molar-refractivity contribution in [2.24, 2.45) is 0 Å². The van der Waals surface area contributed by atoms with E-state index >= 15 is 0 Å². The van der Waals surface area contributed by atoms with Crippen LogP contribution >= 0.6 is 28.3 Å². The van der Waals surface area contributed by atoms with E-state index in [4.69, 9.17) is 0 Å². The molecule has 1 N–H and O–H groups in total. The third-order valence-corrected chi connectivity index (χ3v) is 2.22. The monoisotopic (exact) mass is 236 g/mol. The Labute approximate surface area is 80.5 Å². The lowest BCUT2D eigenvalue weighted by molar-refractivity contribution is 0.516. The molecule has 2 rings (SSSR count). The van der Waals surface area contributed by atoms with Gasteiger partial charge < -0.3 is 9.88 Å². The van der Waals surface area contributed by atoms with Crippen LogP contribution in [0.2, 0.25) is 0 Å². The van der Waals surface area contributed by atoms with Gasteiger partial charge in [-0.1, -0.05) is 0 Å². The van der Waals surface area contributed by atoms with Crippen molar-refractivity contribution >= 4 is 28.3 Å². The average Bonchev–Trinajstić information content (AvgIpc) is 2.27. The van der Waals surface area contributed by atoms with Gasteiger partial charge >= 0.3 is 0 Å². The van der Waals surface area contributed by atoms with Crippen molar-refractivity contribution in [1.29, 1.82) is 0 Å². The molecule has 0 aliphatic carbocycles. The van der Waals surface area contributed by atoms with Gasteiger partial charge in [-0.3, -0.25) is 0 Å². The summed E-state index contributed by atoms with van der Waals surface area (Å²) in [6.07, 6.45) is 2.14. The molecule has 2 heterocycles. The molecule has 1 aliphatic heterocycles. The predicted molar refractivity (Wildman–Crippen MR) is 51.1 cm³/mol. The topological polar surface area (TPSA) is 17.0 Å². The van der Waals surface area contributed by atoms with E-state index in [9.17, 15) is 0 Å². The van der Waals surface area contributed by atoms with Crippen molar-refractivity contribution in [3.63, 3.8) is 0 Å².